The number of para-hydroxylation sites is 1. The van der Waals surface area contributed by atoms with Crippen molar-refractivity contribution in [3.05, 3.63) is 98.5 Å². The van der Waals surface area contributed by atoms with Crippen molar-refractivity contribution in [2.75, 3.05) is 5.32 Å². The third-order valence-electron chi connectivity index (χ3n) is 5.10. The summed E-state index contributed by atoms with van der Waals surface area (Å²) < 4.78 is 2.43. The summed E-state index contributed by atoms with van der Waals surface area (Å²) in [4.78, 5) is 30.8. The molecule has 0 atom stereocenters. The molecule has 146 valence electrons. The fraction of sp³-hybridized carbons (Fsp3) is 0.0417. The van der Waals surface area contributed by atoms with Crippen molar-refractivity contribution in [3.8, 4) is 5.69 Å². The van der Waals surface area contributed by atoms with E-state index >= 15 is 0 Å². The van der Waals surface area contributed by atoms with Crippen molar-refractivity contribution in [1.82, 2.24) is 9.55 Å². The molecule has 0 aliphatic carbocycles. The molecule has 1 N–H and O–H groups in total. The predicted octanol–water partition coefficient (Wildman–Crippen LogP) is 4.95. The maximum Gasteiger partial charge on any atom is 0.266 e. The molecule has 0 spiro atoms. The number of halogens is 1. The van der Waals surface area contributed by atoms with Crippen LogP contribution >= 0.6 is 15.9 Å². The molecular weight excluding hydrogens is 442 g/mol. The van der Waals surface area contributed by atoms with E-state index < -0.39 is 0 Å². The number of fused-ring (bicyclic) bond motifs is 2. The predicted molar refractivity (Wildman–Crippen MR) is 123 cm³/mol. The summed E-state index contributed by atoms with van der Waals surface area (Å²) in [6.45, 7) is 1.97. The van der Waals surface area contributed by atoms with E-state index in [1.54, 1.807) is 22.8 Å². The van der Waals surface area contributed by atoms with Crippen LogP contribution < -0.4 is 10.9 Å². The monoisotopic (exact) mass is 457 g/mol. The van der Waals surface area contributed by atoms with Crippen LogP contribution in [0.15, 0.2) is 76.0 Å². The molecule has 5 nitrogen and oxygen atoms in total. The van der Waals surface area contributed by atoms with Crippen molar-refractivity contribution < 1.29 is 4.79 Å². The van der Waals surface area contributed by atoms with E-state index in [0.29, 0.717) is 28.0 Å². The second-order valence-corrected chi connectivity index (χ2v) is 8.08. The van der Waals surface area contributed by atoms with Crippen molar-refractivity contribution in [2.45, 2.75) is 6.92 Å². The molecule has 1 aliphatic heterocycles. The van der Waals surface area contributed by atoms with Crippen LogP contribution in [0.25, 0.3) is 28.2 Å². The normalized spacial score (nSPS) is 14.2. The molecule has 0 unspecified atom stereocenters. The Hall–Kier alpha value is -3.51. The number of carbonyl (C=O) groups excluding carboxylic acids is 1. The van der Waals surface area contributed by atoms with Gasteiger partial charge >= 0.3 is 0 Å². The van der Waals surface area contributed by atoms with E-state index in [1.807, 2.05) is 61.5 Å². The quantitative estimate of drug-likeness (QED) is 0.433. The van der Waals surface area contributed by atoms with E-state index in [1.165, 1.54) is 0 Å². The van der Waals surface area contributed by atoms with Crippen molar-refractivity contribution in [3.63, 3.8) is 0 Å². The minimum Gasteiger partial charge on any atom is -0.321 e. The molecule has 2 heterocycles. The van der Waals surface area contributed by atoms with Gasteiger partial charge in [-0.05, 0) is 61.0 Å². The highest BCUT2D eigenvalue weighted by Crippen LogP contribution is 2.35. The van der Waals surface area contributed by atoms with Crippen LogP contribution in [0.2, 0.25) is 0 Å². The second-order valence-electron chi connectivity index (χ2n) is 7.17. The van der Waals surface area contributed by atoms with Crippen molar-refractivity contribution in [2.24, 2.45) is 0 Å². The Labute approximate surface area is 180 Å². The second kappa shape index (κ2) is 7.07. The zero-order chi connectivity index (χ0) is 20.8. The van der Waals surface area contributed by atoms with E-state index in [0.717, 1.165) is 21.3 Å². The summed E-state index contributed by atoms with van der Waals surface area (Å²) in [7, 11) is 0. The van der Waals surface area contributed by atoms with Gasteiger partial charge in [0.25, 0.3) is 11.5 Å². The van der Waals surface area contributed by atoms with E-state index in [9.17, 15) is 9.59 Å². The number of hydrogen-bond acceptors (Lipinski definition) is 3. The van der Waals surface area contributed by atoms with Gasteiger partial charge in [-0.2, -0.15) is 0 Å². The minimum absolute atomic E-state index is 0.175. The lowest BCUT2D eigenvalue weighted by Crippen LogP contribution is -2.22. The third kappa shape index (κ3) is 3.06. The van der Waals surface area contributed by atoms with E-state index in [4.69, 9.17) is 4.98 Å². The molecule has 1 amide bonds. The average molecular weight is 458 g/mol. The van der Waals surface area contributed by atoms with Gasteiger partial charge in [0.1, 0.15) is 5.82 Å². The number of aryl methyl sites for hydroxylation is 1. The number of nitrogens with zero attached hydrogens (tertiary/aromatic N) is 2. The number of anilines is 1. The van der Waals surface area contributed by atoms with Crippen molar-refractivity contribution in [1.29, 1.82) is 0 Å². The Bertz CT molecular complexity index is 1440. The highest BCUT2D eigenvalue weighted by Gasteiger charge is 2.25. The van der Waals surface area contributed by atoms with Crippen LogP contribution in [0, 0.1) is 6.92 Å². The summed E-state index contributed by atoms with van der Waals surface area (Å²) in [5, 5.41) is 3.40. The lowest BCUT2D eigenvalue weighted by Gasteiger charge is -2.12. The van der Waals surface area contributed by atoms with Gasteiger partial charge in [-0.15, -0.1) is 0 Å². The molecule has 5 rings (SSSR count). The third-order valence-corrected chi connectivity index (χ3v) is 5.59. The molecule has 6 heteroatoms. The number of aromatic nitrogens is 2. The maximum atomic E-state index is 13.4. The molecule has 0 radical (unpaired) electrons. The molecule has 4 aromatic rings. The average Bonchev–Trinajstić information content (AvgIpc) is 3.03. The van der Waals surface area contributed by atoms with Crippen LogP contribution in [-0.4, -0.2) is 15.5 Å². The fourth-order valence-corrected chi connectivity index (χ4v) is 4.06. The van der Waals surface area contributed by atoms with Gasteiger partial charge in [-0.1, -0.05) is 40.2 Å². The first kappa shape index (κ1) is 18.5. The van der Waals surface area contributed by atoms with E-state index in [-0.39, 0.29) is 11.5 Å². The largest absolute Gasteiger partial charge is 0.321 e. The van der Waals surface area contributed by atoms with Gasteiger partial charge in [0.15, 0.2) is 0 Å². The van der Waals surface area contributed by atoms with Gasteiger partial charge in [0, 0.05) is 15.7 Å². The van der Waals surface area contributed by atoms with Crippen LogP contribution in [0.1, 0.15) is 17.0 Å². The summed E-state index contributed by atoms with van der Waals surface area (Å²) >= 11 is 3.46. The first-order valence-electron chi connectivity index (χ1n) is 9.43. The van der Waals surface area contributed by atoms with Gasteiger partial charge in [-0.25, -0.2) is 4.98 Å². The Balaban J connectivity index is 1.83. The molecular formula is C24H16BrN3O2. The molecule has 3 aromatic carbocycles. The standard InChI is InChI=1S/C24H16BrN3O2/c1-14-5-4-6-16(11-14)28-22(26-20-8-3-2-7-17(20)24(28)30)13-19-18-12-15(25)9-10-21(18)27-23(19)29/h2-13H,1H3,(H,27,29)/b19-13+. The smallest absolute Gasteiger partial charge is 0.266 e. The van der Waals surface area contributed by atoms with Crippen molar-refractivity contribution >= 4 is 50.1 Å². The highest BCUT2D eigenvalue weighted by atomic mass is 79.9. The number of rotatable bonds is 2. The minimum atomic E-state index is -0.221. The molecule has 30 heavy (non-hydrogen) atoms. The zero-order valence-corrected chi connectivity index (χ0v) is 17.6. The van der Waals surface area contributed by atoms with Gasteiger partial charge < -0.3 is 5.32 Å². The molecule has 0 saturated carbocycles. The number of carbonyl (C=O) groups is 1. The van der Waals surface area contributed by atoms with Crippen LogP contribution in [0.5, 0.6) is 0 Å². The lowest BCUT2D eigenvalue weighted by atomic mass is 10.1. The number of amides is 1. The summed E-state index contributed by atoms with van der Waals surface area (Å²) in [5.41, 5.74) is 4.12. The van der Waals surface area contributed by atoms with E-state index in [2.05, 4.69) is 21.2 Å². The number of hydrogen-bond donors (Lipinski definition) is 1. The van der Waals surface area contributed by atoms with Crippen LogP contribution in [0.3, 0.4) is 0 Å². The summed E-state index contributed by atoms with van der Waals surface area (Å²) in [5.74, 6) is 0.184. The first-order chi connectivity index (χ1) is 14.5. The van der Waals surface area contributed by atoms with Crippen LogP contribution in [-0.2, 0) is 4.79 Å². The molecule has 1 aliphatic rings. The van der Waals surface area contributed by atoms with Gasteiger partial charge in [0.05, 0.1) is 22.2 Å². The summed E-state index contributed by atoms with van der Waals surface area (Å²) in [6, 6.07) is 20.5. The van der Waals surface area contributed by atoms with Gasteiger partial charge in [-0.3, -0.25) is 14.2 Å². The van der Waals surface area contributed by atoms with Gasteiger partial charge in [0.2, 0.25) is 0 Å². The first-order valence-corrected chi connectivity index (χ1v) is 10.2. The Morgan fingerprint density at radius 3 is 2.67 bits per heavy atom. The molecule has 1 aromatic heterocycles. The Morgan fingerprint density at radius 2 is 1.83 bits per heavy atom. The number of nitrogens with one attached hydrogen (secondary N) is 1. The number of benzene rings is 3. The molecule has 0 fully saturated rings. The molecule has 0 saturated heterocycles. The molecule has 0 bridgehead atoms. The Morgan fingerprint density at radius 1 is 1.00 bits per heavy atom. The zero-order valence-electron chi connectivity index (χ0n) is 16.0. The topological polar surface area (TPSA) is 64.0 Å². The SMILES string of the molecule is Cc1cccc(-n2c(/C=C3/C(=O)Nc4ccc(Br)cc43)nc3ccccc3c2=O)c1. The maximum absolute atomic E-state index is 13.4. The lowest BCUT2D eigenvalue weighted by molar-refractivity contribution is -0.110. The fourth-order valence-electron chi connectivity index (χ4n) is 3.70. The summed E-state index contributed by atoms with van der Waals surface area (Å²) in [6.07, 6.45) is 1.68. The van der Waals surface area contributed by atoms with Crippen LogP contribution in [0.4, 0.5) is 5.69 Å². The highest BCUT2D eigenvalue weighted by molar-refractivity contribution is 9.10. The Kier molecular flexibility index (Phi) is 4.37.